The minimum absolute atomic E-state index is 0.0783. The molecule has 1 aromatic carbocycles. The molecule has 1 aliphatic rings. The van der Waals surface area contributed by atoms with E-state index in [0.29, 0.717) is 17.5 Å². The van der Waals surface area contributed by atoms with E-state index in [0.717, 1.165) is 6.07 Å². The number of hydrogen-bond donors (Lipinski definition) is 2. The number of ether oxygens (including phenoxy) is 1. The monoisotopic (exact) mass is 308 g/mol. The number of Topliss-reactive ketones (excluding diaryl/α,β-unsaturated/α-hetero) is 1. The second-order valence-corrected chi connectivity index (χ2v) is 5.55. The van der Waals surface area contributed by atoms with Crippen LogP contribution in [0.5, 0.6) is 0 Å². The minimum atomic E-state index is -1.42. The zero-order valence-electron chi connectivity index (χ0n) is 12.6. The van der Waals surface area contributed by atoms with Gasteiger partial charge < -0.3 is 15.8 Å². The molecule has 2 rings (SSSR count). The Morgan fingerprint density at radius 3 is 2.64 bits per heavy atom. The summed E-state index contributed by atoms with van der Waals surface area (Å²) < 4.78 is 18.9. The van der Waals surface area contributed by atoms with Gasteiger partial charge in [0.25, 0.3) is 0 Å². The van der Waals surface area contributed by atoms with E-state index in [1.54, 1.807) is 6.92 Å². The van der Waals surface area contributed by atoms with Gasteiger partial charge in [0.2, 0.25) is 11.7 Å². The first-order valence-electron chi connectivity index (χ1n) is 6.78. The molecule has 118 valence electrons. The number of hydrogen-bond acceptors (Lipinski definition) is 4. The van der Waals surface area contributed by atoms with Crippen molar-refractivity contribution in [1.29, 1.82) is 0 Å². The van der Waals surface area contributed by atoms with Crippen molar-refractivity contribution in [2.75, 3.05) is 5.32 Å². The van der Waals surface area contributed by atoms with Crippen LogP contribution in [0.25, 0.3) is 0 Å². The molecule has 1 atom stereocenters. The van der Waals surface area contributed by atoms with Crippen LogP contribution in [0.15, 0.2) is 6.07 Å². The van der Waals surface area contributed by atoms with Gasteiger partial charge in [0, 0.05) is 12.5 Å². The van der Waals surface area contributed by atoms with Crippen molar-refractivity contribution in [3.63, 3.8) is 0 Å². The summed E-state index contributed by atoms with van der Waals surface area (Å²) in [7, 11) is 0. The number of nitrogens with two attached hydrogens (primary N) is 1. The van der Waals surface area contributed by atoms with E-state index in [1.165, 1.54) is 13.8 Å². The van der Waals surface area contributed by atoms with Crippen LogP contribution in [-0.4, -0.2) is 23.4 Å². The van der Waals surface area contributed by atoms with Gasteiger partial charge in [-0.25, -0.2) is 9.18 Å². The molecule has 0 heterocycles. The van der Waals surface area contributed by atoms with E-state index in [9.17, 15) is 18.8 Å². The van der Waals surface area contributed by atoms with Gasteiger partial charge in [-0.2, -0.15) is 0 Å². The number of anilines is 1. The molecule has 0 spiro atoms. The van der Waals surface area contributed by atoms with Crippen molar-refractivity contribution in [2.45, 2.75) is 39.2 Å². The number of ketones is 1. The molecule has 1 aliphatic carbocycles. The second-order valence-electron chi connectivity index (χ2n) is 5.55. The lowest BCUT2D eigenvalue weighted by Crippen LogP contribution is -2.45. The summed E-state index contributed by atoms with van der Waals surface area (Å²) in [4.78, 5) is 35.1. The van der Waals surface area contributed by atoms with E-state index in [4.69, 9.17) is 10.5 Å². The fraction of sp³-hybridized carbons (Fsp3) is 0.400. The van der Waals surface area contributed by atoms with E-state index in [1.807, 2.05) is 0 Å². The molecule has 1 aromatic rings. The Hall–Kier alpha value is -2.44. The lowest BCUT2D eigenvalue weighted by atomic mass is 9.77. The van der Waals surface area contributed by atoms with Gasteiger partial charge in [-0.05, 0) is 43.9 Å². The van der Waals surface area contributed by atoms with Gasteiger partial charge in [0.15, 0.2) is 5.60 Å². The van der Waals surface area contributed by atoms with Crippen LogP contribution in [0, 0.1) is 12.7 Å². The zero-order chi connectivity index (χ0) is 16.7. The fourth-order valence-electron chi connectivity index (χ4n) is 2.72. The van der Waals surface area contributed by atoms with Crippen LogP contribution in [0.3, 0.4) is 0 Å². The molecule has 0 fully saturated rings. The Morgan fingerprint density at radius 2 is 2.09 bits per heavy atom. The average Bonchev–Trinajstić information content (AvgIpc) is 2.37. The van der Waals surface area contributed by atoms with Crippen molar-refractivity contribution in [3.05, 3.63) is 28.6 Å². The van der Waals surface area contributed by atoms with Crippen LogP contribution in [0.4, 0.5) is 14.9 Å². The third-order valence-electron chi connectivity index (χ3n) is 3.85. The van der Waals surface area contributed by atoms with Crippen LogP contribution < -0.4 is 11.1 Å². The van der Waals surface area contributed by atoms with Crippen molar-refractivity contribution in [1.82, 2.24) is 0 Å². The van der Waals surface area contributed by atoms with E-state index < -0.39 is 29.2 Å². The number of carbonyl (C=O) groups excluding carboxylic acids is 3. The Morgan fingerprint density at radius 1 is 1.45 bits per heavy atom. The molecule has 0 radical (unpaired) electrons. The summed E-state index contributed by atoms with van der Waals surface area (Å²) in [6, 6.07) is 1.10. The highest BCUT2D eigenvalue weighted by Crippen LogP contribution is 2.38. The summed E-state index contributed by atoms with van der Waals surface area (Å²) in [6.07, 6.45) is -0.522. The molecule has 0 saturated carbocycles. The fourth-order valence-corrected chi connectivity index (χ4v) is 2.72. The minimum Gasteiger partial charge on any atom is -0.435 e. The van der Waals surface area contributed by atoms with Gasteiger partial charge in [-0.1, -0.05) is 0 Å². The maximum Gasteiger partial charge on any atom is 0.405 e. The van der Waals surface area contributed by atoms with E-state index in [-0.39, 0.29) is 17.7 Å². The highest BCUT2D eigenvalue weighted by atomic mass is 19.1. The first-order valence-corrected chi connectivity index (χ1v) is 6.78. The number of benzene rings is 1. The van der Waals surface area contributed by atoms with Crippen LogP contribution in [-0.2, 0) is 16.0 Å². The smallest absolute Gasteiger partial charge is 0.405 e. The number of primary amides is 1. The third-order valence-corrected chi connectivity index (χ3v) is 3.85. The highest BCUT2D eigenvalue weighted by Gasteiger charge is 2.43. The maximum atomic E-state index is 14.0. The predicted molar refractivity (Wildman–Crippen MR) is 77.2 cm³/mol. The van der Waals surface area contributed by atoms with E-state index in [2.05, 4.69) is 5.32 Å². The van der Waals surface area contributed by atoms with Crippen molar-refractivity contribution in [3.8, 4) is 0 Å². The molecule has 0 aliphatic heterocycles. The van der Waals surface area contributed by atoms with Gasteiger partial charge in [0.1, 0.15) is 5.82 Å². The summed E-state index contributed by atoms with van der Waals surface area (Å²) in [5, 5.41) is 2.45. The first-order chi connectivity index (χ1) is 10.2. The Labute approximate surface area is 126 Å². The predicted octanol–water partition coefficient (Wildman–Crippen LogP) is 2.08. The van der Waals surface area contributed by atoms with Crippen molar-refractivity contribution in [2.24, 2.45) is 5.73 Å². The van der Waals surface area contributed by atoms with Crippen molar-refractivity contribution < 1.29 is 23.5 Å². The highest BCUT2D eigenvalue weighted by molar-refractivity contribution is 6.11. The molecular formula is C15H17FN2O4. The molecule has 1 unspecified atom stereocenters. The Balaban J connectivity index is 2.61. The first kappa shape index (κ1) is 15.9. The number of rotatable bonds is 2. The van der Waals surface area contributed by atoms with Gasteiger partial charge in [-0.3, -0.25) is 9.59 Å². The lowest BCUT2D eigenvalue weighted by Gasteiger charge is -2.34. The summed E-state index contributed by atoms with van der Waals surface area (Å²) in [5.41, 5.74) is 4.71. The average molecular weight is 308 g/mol. The molecule has 6 nitrogen and oxygen atoms in total. The third kappa shape index (κ3) is 2.66. The standard InChI is InChI=1S/C15H17FN2O4/c1-7-9-4-5-15(3,22-14(17)21)13(20)12(9)11(6-10(7)16)18-8(2)19/h6H,4-5H2,1-3H3,(H2,17,21)(H,18,19). The molecule has 2 amide bonds. The van der Waals surface area contributed by atoms with Crippen LogP contribution >= 0.6 is 0 Å². The zero-order valence-corrected chi connectivity index (χ0v) is 12.6. The van der Waals surface area contributed by atoms with Gasteiger partial charge >= 0.3 is 6.09 Å². The summed E-state index contributed by atoms with van der Waals surface area (Å²) in [6.45, 7) is 4.28. The topological polar surface area (TPSA) is 98.5 Å². The normalized spacial score (nSPS) is 20.3. The molecular weight excluding hydrogens is 291 g/mol. The molecule has 7 heteroatoms. The lowest BCUT2D eigenvalue weighted by molar-refractivity contribution is -0.114. The molecule has 22 heavy (non-hydrogen) atoms. The van der Waals surface area contributed by atoms with E-state index >= 15 is 0 Å². The number of carbonyl (C=O) groups is 3. The molecule has 3 N–H and O–H groups in total. The van der Waals surface area contributed by atoms with Crippen LogP contribution in [0.2, 0.25) is 0 Å². The quantitative estimate of drug-likeness (QED) is 0.873. The number of nitrogens with one attached hydrogen (secondary N) is 1. The van der Waals surface area contributed by atoms with Crippen LogP contribution in [0.1, 0.15) is 41.8 Å². The molecule has 0 bridgehead atoms. The molecule has 0 aromatic heterocycles. The number of amides is 2. The van der Waals surface area contributed by atoms with Gasteiger partial charge in [0.05, 0.1) is 5.69 Å². The number of halogens is 1. The molecule has 0 saturated heterocycles. The summed E-state index contributed by atoms with van der Waals surface area (Å²) in [5.74, 6) is -1.43. The second kappa shape index (κ2) is 5.40. The SMILES string of the molecule is CC(=O)Nc1cc(F)c(C)c2c1C(=O)C(C)(OC(N)=O)CC2. The largest absolute Gasteiger partial charge is 0.435 e. The summed E-state index contributed by atoms with van der Waals surface area (Å²) >= 11 is 0. The Kier molecular flexibility index (Phi) is 3.91. The van der Waals surface area contributed by atoms with Crippen molar-refractivity contribution >= 4 is 23.5 Å². The number of fused-ring (bicyclic) bond motifs is 1. The van der Waals surface area contributed by atoms with Gasteiger partial charge in [-0.15, -0.1) is 0 Å². The Bertz CT molecular complexity index is 687. The maximum absolute atomic E-state index is 14.0.